The Morgan fingerprint density at radius 2 is 1.58 bits per heavy atom. The first-order chi connectivity index (χ1) is 18.3. The van der Waals surface area contributed by atoms with Crippen molar-refractivity contribution in [2.75, 3.05) is 6.54 Å². The summed E-state index contributed by atoms with van der Waals surface area (Å²) in [5.41, 5.74) is 1.49. The van der Waals surface area contributed by atoms with E-state index in [1.54, 1.807) is 0 Å². The highest BCUT2D eigenvalue weighted by Gasteiger charge is 2.35. The van der Waals surface area contributed by atoms with Gasteiger partial charge in [-0.15, -0.1) is 0 Å². The molecule has 0 saturated carbocycles. The van der Waals surface area contributed by atoms with Crippen LogP contribution in [0.1, 0.15) is 49.3 Å². The van der Waals surface area contributed by atoms with Crippen molar-refractivity contribution in [3.05, 3.63) is 125 Å². The number of nitrogens with zero attached hydrogens (tertiary/aromatic N) is 3. The fraction of sp³-hybridized carbons (Fsp3) is 0.207. The second kappa shape index (κ2) is 10.5. The Kier molecular flexibility index (Phi) is 7.00. The molecule has 9 heteroatoms. The van der Waals surface area contributed by atoms with Crippen molar-refractivity contribution in [1.82, 2.24) is 20.0 Å². The molecule has 1 atom stereocenters. The number of hydrogen-bond donors (Lipinski definition) is 1. The average Bonchev–Trinajstić information content (AvgIpc) is 3.36. The minimum atomic E-state index is -4.52. The summed E-state index contributed by atoms with van der Waals surface area (Å²) in [6.45, 7) is 0.268. The molecule has 2 amide bonds. The highest BCUT2D eigenvalue weighted by atomic mass is 19.4. The normalized spacial score (nSPS) is 14.2. The fourth-order valence-electron chi connectivity index (χ4n) is 4.66. The van der Waals surface area contributed by atoms with Crippen LogP contribution in [-0.4, -0.2) is 33.0 Å². The lowest BCUT2D eigenvalue weighted by molar-refractivity contribution is -0.138. The molecule has 0 unspecified atom stereocenters. The number of carbonyl (C=O) groups excluding carboxylic acids is 2. The van der Waals surface area contributed by atoms with Crippen LogP contribution in [0.15, 0.2) is 91.0 Å². The monoisotopic (exact) mass is 518 g/mol. The molecule has 5 rings (SSSR count). The molecule has 0 radical (unpaired) electrons. The molecule has 1 aliphatic rings. The maximum absolute atomic E-state index is 13.4. The summed E-state index contributed by atoms with van der Waals surface area (Å²) in [5.74, 6) is -0.901. The van der Waals surface area contributed by atoms with Crippen LogP contribution >= 0.6 is 0 Å². The molecule has 1 N–H and O–H groups in total. The van der Waals surface area contributed by atoms with Crippen molar-refractivity contribution in [2.45, 2.75) is 31.7 Å². The van der Waals surface area contributed by atoms with Gasteiger partial charge in [0.05, 0.1) is 18.2 Å². The van der Waals surface area contributed by atoms with Crippen molar-refractivity contribution in [2.24, 2.45) is 0 Å². The SMILES string of the molecule is O=C(N[C@@H](Cc1ccccc1)c1ccccc1)c1cc2n(n1)CCN(Cc1ccccc1C(F)(F)F)C2=O. The molecule has 3 aromatic carbocycles. The van der Waals surface area contributed by atoms with Gasteiger partial charge in [-0.3, -0.25) is 14.3 Å². The van der Waals surface area contributed by atoms with Crippen LogP contribution in [0.5, 0.6) is 0 Å². The molecule has 194 valence electrons. The summed E-state index contributed by atoms with van der Waals surface area (Å²) in [6, 6.07) is 25.7. The summed E-state index contributed by atoms with van der Waals surface area (Å²) in [4.78, 5) is 27.7. The predicted octanol–water partition coefficient (Wildman–Crippen LogP) is 5.27. The maximum atomic E-state index is 13.4. The standard InChI is InChI=1S/C29H25F3N4O2/c30-29(31,32)23-14-8-7-13-22(23)19-35-15-16-36-26(28(35)38)18-25(34-36)27(37)33-24(21-11-5-2-6-12-21)17-20-9-3-1-4-10-20/h1-14,18,24H,15-17,19H2,(H,33,37)/t24-/m0/s1. The Balaban J connectivity index is 1.34. The Morgan fingerprint density at radius 1 is 0.921 bits per heavy atom. The minimum Gasteiger partial charge on any atom is -0.344 e. The molecule has 0 bridgehead atoms. The van der Waals surface area contributed by atoms with Crippen LogP contribution in [0, 0.1) is 0 Å². The summed E-state index contributed by atoms with van der Waals surface area (Å²) in [7, 11) is 0. The first-order valence-electron chi connectivity index (χ1n) is 12.2. The van der Waals surface area contributed by atoms with Gasteiger partial charge in [0.1, 0.15) is 5.69 Å². The first kappa shape index (κ1) is 25.3. The number of alkyl halides is 3. The lowest BCUT2D eigenvalue weighted by Crippen LogP contribution is -2.40. The van der Waals surface area contributed by atoms with Crippen LogP contribution in [0.4, 0.5) is 13.2 Å². The molecule has 1 aromatic heterocycles. The molecule has 0 spiro atoms. The number of nitrogens with one attached hydrogen (secondary N) is 1. The molecule has 6 nitrogen and oxygen atoms in total. The van der Waals surface area contributed by atoms with E-state index in [-0.39, 0.29) is 42.6 Å². The highest BCUT2D eigenvalue weighted by Crippen LogP contribution is 2.33. The molecule has 0 fully saturated rings. The van der Waals surface area contributed by atoms with Crippen LogP contribution in [0.2, 0.25) is 0 Å². The number of halogens is 3. The molecule has 1 aliphatic heterocycles. The third-order valence-corrected chi connectivity index (χ3v) is 6.57. The van der Waals surface area contributed by atoms with Gasteiger partial charge in [-0.1, -0.05) is 78.9 Å². The maximum Gasteiger partial charge on any atom is 0.416 e. The third kappa shape index (κ3) is 5.46. The topological polar surface area (TPSA) is 67.2 Å². The van der Waals surface area contributed by atoms with E-state index < -0.39 is 23.6 Å². The van der Waals surface area contributed by atoms with E-state index in [1.165, 1.54) is 33.8 Å². The minimum absolute atomic E-state index is 0.0193. The highest BCUT2D eigenvalue weighted by molar-refractivity contribution is 5.98. The fourth-order valence-corrected chi connectivity index (χ4v) is 4.66. The molecule has 0 aliphatic carbocycles. The van der Waals surface area contributed by atoms with Gasteiger partial charge in [0.25, 0.3) is 11.8 Å². The number of hydrogen-bond acceptors (Lipinski definition) is 3. The molecular formula is C29H25F3N4O2. The van der Waals surface area contributed by atoms with Crippen LogP contribution < -0.4 is 5.32 Å². The Labute approximate surface area is 217 Å². The van der Waals surface area contributed by atoms with E-state index in [2.05, 4.69) is 10.4 Å². The van der Waals surface area contributed by atoms with Crippen molar-refractivity contribution < 1.29 is 22.8 Å². The second-order valence-electron chi connectivity index (χ2n) is 9.15. The Morgan fingerprint density at radius 3 is 2.29 bits per heavy atom. The average molecular weight is 519 g/mol. The van der Waals surface area contributed by atoms with Crippen molar-refractivity contribution in [3.63, 3.8) is 0 Å². The third-order valence-electron chi connectivity index (χ3n) is 6.57. The number of benzene rings is 3. The van der Waals surface area contributed by atoms with E-state index in [0.717, 1.165) is 17.2 Å². The molecule has 4 aromatic rings. The van der Waals surface area contributed by atoms with Gasteiger partial charge in [0, 0.05) is 19.2 Å². The van der Waals surface area contributed by atoms with Gasteiger partial charge in [-0.05, 0) is 29.2 Å². The first-order valence-corrected chi connectivity index (χ1v) is 12.2. The quantitative estimate of drug-likeness (QED) is 0.363. The number of amides is 2. The molecule has 38 heavy (non-hydrogen) atoms. The summed E-state index contributed by atoms with van der Waals surface area (Å²) in [6.07, 6.45) is -3.95. The van der Waals surface area contributed by atoms with Crippen LogP contribution in [0.3, 0.4) is 0 Å². The van der Waals surface area contributed by atoms with Gasteiger partial charge in [-0.2, -0.15) is 18.3 Å². The molecular weight excluding hydrogens is 493 g/mol. The van der Waals surface area contributed by atoms with Crippen molar-refractivity contribution in [1.29, 1.82) is 0 Å². The molecule has 0 saturated heterocycles. The number of fused-ring (bicyclic) bond motifs is 1. The van der Waals surface area contributed by atoms with E-state index in [9.17, 15) is 22.8 Å². The zero-order valence-corrected chi connectivity index (χ0v) is 20.4. The van der Waals surface area contributed by atoms with E-state index in [0.29, 0.717) is 6.42 Å². The lowest BCUT2D eigenvalue weighted by atomic mass is 9.98. The predicted molar refractivity (Wildman–Crippen MR) is 135 cm³/mol. The van der Waals surface area contributed by atoms with Gasteiger partial charge in [-0.25, -0.2) is 0 Å². The second-order valence-corrected chi connectivity index (χ2v) is 9.15. The van der Waals surface area contributed by atoms with Crippen molar-refractivity contribution >= 4 is 11.8 Å². The van der Waals surface area contributed by atoms with Gasteiger partial charge >= 0.3 is 6.18 Å². The zero-order valence-electron chi connectivity index (χ0n) is 20.4. The number of aromatic nitrogens is 2. The number of carbonyl (C=O) groups is 2. The van der Waals surface area contributed by atoms with Gasteiger partial charge in [0.15, 0.2) is 5.69 Å². The van der Waals surface area contributed by atoms with E-state index in [1.807, 2.05) is 60.7 Å². The van der Waals surface area contributed by atoms with E-state index >= 15 is 0 Å². The summed E-state index contributed by atoms with van der Waals surface area (Å²) >= 11 is 0. The number of rotatable bonds is 7. The van der Waals surface area contributed by atoms with Crippen LogP contribution in [0.25, 0.3) is 0 Å². The Hall–Kier alpha value is -4.40. The van der Waals surface area contributed by atoms with Crippen LogP contribution in [-0.2, 0) is 25.7 Å². The van der Waals surface area contributed by atoms with Gasteiger partial charge < -0.3 is 10.2 Å². The largest absolute Gasteiger partial charge is 0.416 e. The Bertz CT molecular complexity index is 1440. The van der Waals surface area contributed by atoms with Gasteiger partial charge in [0.2, 0.25) is 0 Å². The zero-order chi connectivity index (χ0) is 26.7. The molecule has 2 heterocycles. The smallest absolute Gasteiger partial charge is 0.344 e. The van der Waals surface area contributed by atoms with Crippen molar-refractivity contribution in [3.8, 4) is 0 Å². The summed E-state index contributed by atoms with van der Waals surface area (Å²) in [5, 5.41) is 7.36. The van der Waals surface area contributed by atoms with E-state index in [4.69, 9.17) is 0 Å². The summed E-state index contributed by atoms with van der Waals surface area (Å²) < 4.78 is 41.7. The lowest BCUT2D eigenvalue weighted by Gasteiger charge is -2.28.